The normalized spacial score (nSPS) is 13.7. The lowest BCUT2D eigenvalue weighted by molar-refractivity contribution is -0.207. The van der Waals surface area contributed by atoms with Crippen molar-refractivity contribution in [1.82, 2.24) is 0 Å². The van der Waals surface area contributed by atoms with Gasteiger partial charge < -0.3 is 9.84 Å². The minimum absolute atomic E-state index is 0.0577. The first-order valence-corrected chi connectivity index (χ1v) is 4.67. The molecule has 5 heteroatoms. The zero-order valence-corrected chi connectivity index (χ0v) is 9.22. The van der Waals surface area contributed by atoms with Gasteiger partial charge in [-0.15, -0.1) is 0 Å². The largest absolute Gasteiger partial charge is 0.496 e. The van der Waals surface area contributed by atoms with Gasteiger partial charge in [-0.05, 0) is 31.0 Å². The van der Waals surface area contributed by atoms with Crippen molar-refractivity contribution in [1.29, 1.82) is 0 Å². The second kappa shape index (κ2) is 4.33. The van der Waals surface area contributed by atoms with Crippen molar-refractivity contribution in [3.63, 3.8) is 0 Å². The van der Waals surface area contributed by atoms with E-state index < -0.39 is 12.3 Å². The van der Waals surface area contributed by atoms with E-state index in [0.717, 1.165) is 5.56 Å². The van der Waals surface area contributed by atoms with Gasteiger partial charge in [0, 0.05) is 5.56 Å². The summed E-state index contributed by atoms with van der Waals surface area (Å²) in [7, 11) is 1.28. The highest BCUT2D eigenvalue weighted by molar-refractivity contribution is 5.44. The highest BCUT2D eigenvalue weighted by Crippen LogP contribution is 2.39. The van der Waals surface area contributed by atoms with Crippen molar-refractivity contribution in [3.8, 4) is 5.75 Å². The van der Waals surface area contributed by atoms with Crippen LogP contribution in [0.1, 0.15) is 22.8 Å². The fraction of sp³-hybridized carbons (Fsp3) is 0.455. The van der Waals surface area contributed by atoms with Gasteiger partial charge >= 0.3 is 6.18 Å². The molecule has 16 heavy (non-hydrogen) atoms. The molecule has 0 fully saturated rings. The average molecular weight is 234 g/mol. The third-order valence-corrected chi connectivity index (χ3v) is 2.30. The van der Waals surface area contributed by atoms with Crippen LogP contribution in [0, 0.1) is 13.8 Å². The number of aliphatic hydroxyl groups excluding tert-OH is 1. The molecular weight excluding hydrogens is 221 g/mol. The molecule has 1 N–H and O–H groups in total. The van der Waals surface area contributed by atoms with Crippen LogP contribution >= 0.6 is 0 Å². The number of halogens is 3. The predicted octanol–water partition coefficient (Wildman–Crippen LogP) is 2.91. The van der Waals surface area contributed by atoms with Crippen LogP contribution < -0.4 is 4.74 Å². The number of benzene rings is 1. The highest BCUT2D eigenvalue weighted by Gasteiger charge is 2.41. The topological polar surface area (TPSA) is 29.5 Å². The lowest BCUT2D eigenvalue weighted by atomic mass is 9.99. The zero-order chi connectivity index (χ0) is 12.5. The number of methoxy groups -OCH3 is 1. The molecule has 0 bridgehead atoms. The molecule has 1 aromatic carbocycles. The molecule has 0 aliphatic heterocycles. The van der Waals surface area contributed by atoms with Gasteiger partial charge in [-0.1, -0.05) is 6.07 Å². The smallest absolute Gasteiger partial charge is 0.418 e. The molecule has 0 amide bonds. The van der Waals surface area contributed by atoms with Crippen LogP contribution in [0.5, 0.6) is 5.75 Å². The summed E-state index contributed by atoms with van der Waals surface area (Å²) in [6.45, 7) is 3.26. The van der Waals surface area contributed by atoms with E-state index in [1.54, 1.807) is 13.0 Å². The van der Waals surface area contributed by atoms with Crippen molar-refractivity contribution in [3.05, 3.63) is 28.8 Å². The van der Waals surface area contributed by atoms with E-state index in [-0.39, 0.29) is 11.3 Å². The van der Waals surface area contributed by atoms with Crippen LogP contribution in [-0.2, 0) is 0 Å². The third kappa shape index (κ3) is 2.47. The SMILES string of the molecule is COc1cc(C)cc(C)c1[C@@H](O)C(F)(F)F. The Balaban J connectivity index is 3.32. The summed E-state index contributed by atoms with van der Waals surface area (Å²) in [6.07, 6.45) is -7.20. The van der Waals surface area contributed by atoms with Gasteiger partial charge in [0.25, 0.3) is 0 Å². The molecule has 1 atom stereocenters. The minimum Gasteiger partial charge on any atom is -0.496 e. The lowest BCUT2D eigenvalue weighted by Crippen LogP contribution is -2.21. The van der Waals surface area contributed by atoms with Gasteiger partial charge in [-0.3, -0.25) is 0 Å². The van der Waals surface area contributed by atoms with Crippen molar-refractivity contribution in [2.75, 3.05) is 7.11 Å². The Morgan fingerprint density at radius 1 is 1.25 bits per heavy atom. The van der Waals surface area contributed by atoms with Gasteiger partial charge in [-0.2, -0.15) is 13.2 Å². The van der Waals surface area contributed by atoms with E-state index >= 15 is 0 Å². The Hall–Kier alpha value is -1.23. The number of rotatable bonds is 2. The summed E-state index contributed by atoms with van der Waals surface area (Å²) in [5.41, 5.74) is 0.926. The Morgan fingerprint density at radius 2 is 1.81 bits per heavy atom. The fourth-order valence-electron chi connectivity index (χ4n) is 1.62. The monoisotopic (exact) mass is 234 g/mol. The Kier molecular flexibility index (Phi) is 3.48. The Bertz CT molecular complexity index is 386. The van der Waals surface area contributed by atoms with Crippen LogP contribution in [0.2, 0.25) is 0 Å². The average Bonchev–Trinajstić information content (AvgIpc) is 2.14. The second-order valence-corrected chi connectivity index (χ2v) is 3.64. The summed E-state index contributed by atoms with van der Waals surface area (Å²) in [6, 6.07) is 3.05. The van der Waals surface area contributed by atoms with E-state index in [1.165, 1.54) is 20.1 Å². The summed E-state index contributed by atoms with van der Waals surface area (Å²) in [5.74, 6) is 0.0577. The number of aryl methyl sites for hydroxylation is 2. The Morgan fingerprint density at radius 3 is 2.25 bits per heavy atom. The molecule has 0 aliphatic rings. The first-order chi connectivity index (χ1) is 7.27. The molecule has 0 aromatic heterocycles. The number of alkyl halides is 3. The quantitative estimate of drug-likeness (QED) is 0.852. The maximum absolute atomic E-state index is 12.4. The molecule has 0 radical (unpaired) electrons. The summed E-state index contributed by atoms with van der Waals surface area (Å²) in [4.78, 5) is 0. The van der Waals surface area contributed by atoms with E-state index in [9.17, 15) is 18.3 Å². The number of ether oxygens (including phenoxy) is 1. The summed E-state index contributed by atoms with van der Waals surface area (Å²) in [5, 5.41) is 9.24. The first kappa shape index (κ1) is 12.8. The van der Waals surface area contributed by atoms with Gasteiger partial charge in [0.2, 0.25) is 0 Å². The van der Waals surface area contributed by atoms with Gasteiger partial charge in [0.1, 0.15) is 5.75 Å². The van der Waals surface area contributed by atoms with Crippen LogP contribution in [0.15, 0.2) is 12.1 Å². The van der Waals surface area contributed by atoms with E-state index in [4.69, 9.17) is 4.74 Å². The molecule has 2 nitrogen and oxygen atoms in total. The number of hydrogen-bond acceptors (Lipinski definition) is 2. The highest BCUT2D eigenvalue weighted by atomic mass is 19.4. The van der Waals surface area contributed by atoms with Crippen LogP contribution in [0.4, 0.5) is 13.2 Å². The van der Waals surface area contributed by atoms with E-state index in [1.807, 2.05) is 0 Å². The van der Waals surface area contributed by atoms with E-state index in [2.05, 4.69) is 0 Å². The molecular formula is C11H13F3O2. The molecule has 0 unspecified atom stereocenters. The molecule has 0 spiro atoms. The first-order valence-electron chi connectivity index (χ1n) is 4.67. The predicted molar refractivity (Wildman–Crippen MR) is 53.5 cm³/mol. The number of aliphatic hydroxyl groups is 1. The maximum atomic E-state index is 12.4. The molecule has 0 saturated heterocycles. The van der Waals surface area contributed by atoms with Crippen molar-refractivity contribution in [2.24, 2.45) is 0 Å². The van der Waals surface area contributed by atoms with Crippen LogP contribution in [0.25, 0.3) is 0 Å². The fourth-order valence-corrected chi connectivity index (χ4v) is 1.62. The molecule has 1 aromatic rings. The number of hydrogen-bond donors (Lipinski definition) is 1. The van der Waals surface area contributed by atoms with Gasteiger partial charge in [0.05, 0.1) is 7.11 Å². The standard InChI is InChI=1S/C11H13F3O2/c1-6-4-7(2)9(8(5-6)16-3)10(15)11(12,13)14/h4-5,10,15H,1-3H3/t10-/m1/s1. The van der Waals surface area contributed by atoms with Crippen molar-refractivity contribution >= 4 is 0 Å². The molecule has 90 valence electrons. The zero-order valence-electron chi connectivity index (χ0n) is 9.22. The lowest BCUT2D eigenvalue weighted by Gasteiger charge is -2.20. The van der Waals surface area contributed by atoms with Crippen molar-refractivity contribution < 1.29 is 23.0 Å². The molecule has 0 saturated carbocycles. The third-order valence-electron chi connectivity index (χ3n) is 2.30. The summed E-state index contributed by atoms with van der Waals surface area (Å²) >= 11 is 0. The van der Waals surface area contributed by atoms with Gasteiger partial charge in [-0.25, -0.2) is 0 Å². The summed E-state index contributed by atoms with van der Waals surface area (Å²) < 4.78 is 42.1. The minimum atomic E-state index is -4.69. The molecule has 1 rings (SSSR count). The maximum Gasteiger partial charge on any atom is 0.418 e. The van der Waals surface area contributed by atoms with E-state index in [0.29, 0.717) is 5.56 Å². The van der Waals surface area contributed by atoms with Crippen molar-refractivity contribution in [2.45, 2.75) is 26.1 Å². The molecule has 0 heterocycles. The Labute approximate surface area is 91.7 Å². The van der Waals surface area contributed by atoms with Crippen LogP contribution in [-0.4, -0.2) is 18.4 Å². The van der Waals surface area contributed by atoms with Crippen LogP contribution in [0.3, 0.4) is 0 Å². The second-order valence-electron chi connectivity index (χ2n) is 3.64. The van der Waals surface area contributed by atoms with Gasteiger partial charge in [0.15, 0.2) is 6.10 Å². The molecule has 0 aliphatic carbocycles.